The predicted molar refractivity (Wildman–Crippen MR) is 174 cm³/mol. The van der Waals surface area contributed by atoms with Crippen LogP contribution in [0.2, 0.25) is 0 Å². The molecule has 1 rings (SSSR count). The van der Waals surface area contributed by atoms with Gasteiger partial charge in [-0.05, 0) is 57.9 Å². The van der Waals surface area contributed by atoms with E-state index in [1.54, 1.807) is 13.8 Å². The molecule has 6 atom stereocenters. The number of guanidine groups is 1. The molecule has 14 N–H and O–H groups in total. The van der Waals surface area contributed by atoms with Crippen LogP contribution in [-0.2, 0) is 38.4 Å². The lowest BCUT2D eigenvalue weighted by Gasteiger charge is -2.29. The highest BCUT2D eigenvalue weighted by Gasteiger charge is 2.35. The maximum atomic E-state index is 13.6. The standard InChI is InChI=1S/C29H50N10O10/c1-14(2)22-28(49)38-19(13-21(42)43)27(48)34-15(3)23(44)35-18(9-10-20(40)41)25(46)36-16(7-4-5-11-30)24(45)37-17(26(47)39-22)8-6-12-33-29(31)32/h14-19,22H,4-13,30H2,1-3H3,(H,34,48)(H,35,44)(H,36,46)(H,37,45)(H,38,49)(H,39,47)(H,40,41)(H,42,43)(H4,31,32,33)/t15-,16-,17-,18-,19-,22-/m0/s1. The molecule has 6 amide bonds. The van der Waals surface area contributed by atoms with Crippen molar-refractivity contribution in [2.24, 2.45) is 28.1 Å². The maximum absolute atomic E-state index is 13.6. The van der Waals surface area contributed by atoms with Gasteiger partial charge in [-0.3, -0.25) is 43.3 Å². The second-order valence-electron chi connectivity index (χ2n) is 12.0. The summed E-state index contributed by atoms with van der Waals surface area (Å²) in [5.74, 6) is -8.91. The average molecular weight is 699 g/mol. The zero-order valence-corrected chi connectivity index (χ0v) is 28.0. The summed E-state index contributed by atoms with van der Waals surface area (Å²) >= 11 is 0. The van der Waals surface area contributed by atoms with Crippen LogP contribution in [0.25, 0.3) is 0 Å². The molecule has 1 aliphatic rings. The minimum absolute atomic E-state index is 0.0243. The largest absolute Gasteiger partial charge is 0.481 e. The van der Waals surface area contributed by atoms with Gasteiger partial charge in [0.25, 0.3) is 0 Å². The topological polar surface area (TPSA) is 340 Å². The van der Waals surface area contributed by atoms with Crippen molar-refractivity contribution in [3.8, 4) is 0 Å². The second-order valence-corrected chi connectivity index (χ2v) is 12.0. The molecule has 276 valence electrons. The van der Waals surface area contributed by atoms with E-state index < -0.39 is 109 Å². The van der Waals surface area contributed by atoms with Crippen molar-refractivity contribution in [2.75, 3.05) is 13.1 Å². The van der Waals surface area contributed by atoms with Crippen molar-refractivity contribution in [1.82, 2.24) is 31.9 Å². The smallest absolute Gasteiger partial charge is 0.305 e. The van der Waals surface area contributed by atoms with Crippen LogP contribution in [-0.4, -0.2) is 113 Å². The van der Waals surface area contributed by atoms with Crippen LogP contribution in [0.5, 0.6) is 0 Å². The number of carboxylic acid groups (broad SMARTS) is 2. The van der Waals surface area contributed by atoms with Crippen LogP contribution >= 0.6 is 0 Å². The first-order valence-corrected chi connectivity index (χ1v) is 16.0. The van der Waals surface area contributed by atoms with E-state index in [0.717, 1.165) is 0 Å². The first-order valence-electron chi connectivity index (χ1n) is 16.0. The monoisotopic (exact) mass is 698 g/mol. The Bertz CT molecular complexity index is 1240. The molecule has 0 bridgehead atoms. The third kappa shape index (κ3) is 15.6. The Morgan fingerprint density at radius 1 is 0.673 bits per heavy atom. The van der Waals surface area contributed by atoms with Crippen LogP contribution < -0.4 is 49.1 Å². The van der Waals surface area contributed by atoms with Crippen molar-refractivity contribution in [2.45, 2.75) is 108 Å². The van der Waals surface area contributed by atoms with E-state index in [1.807, 2.05) is 0 Å². The van der Waals surface area contributed by atoms with Gasteiger partial charge in [0.15, 0.2) is 5.96 Å². The molecule has 0 spiro atoms. The van der Waals surface area contributed by atoms with Crippen LogP contribution in [0.1, 0.15) is 72.1 Å². The number of hydrogen-bond acceptors (Lipinski definition) is 10. The highest BCUT2D eigenvalue weighted by Crippen LogP contribution is 2.10. The Hall–Kier alpha value is -5.01. The lowest BCUT2D eigenvalue weighted by atomic mass is 10.0. The molecular weight excluding hydrogens is 648 g/mol. The number of nitrogens with one attached hydrogen (secondary N) is 6. The molecule has 1 heterocycles. The van der Waals surface area contributed by atoms with Crippen LogP contribution in [0.15, 0.2) is 4.99 Å². The zero-order valence-electron chi connectivity index (χ0n) is 28.0. The number of amides is 6. The van der Waals surface area contributed by atoms with Crippen molar-refractivity contribution in [3.05, 3.63) is 0 Å². The molecule has 1 fully saturated rings. The maximum Gasteiger partial charge on any atom is 0.305 e. The lowest BCUT2D eigenvalue weighted by Crippen LogP contribution is -2.62. The molecule has 49 heavy (non-hydrogen) atoms. The summed E-state index contributed by atoms with van der Waals surface area (Å²) < 4.78 is 0. The predicted octanol–water partition coefficient (Wildman–Crippen LogP) is -3.89. The minimum atomic E-state index is -1.69. The molecule has 0 aromatic rings. The van der Waals surface area contributed by atoms with E-state index in [4.69, 9.17) is 17.2 Å². The first-order chi connectivity index (χ1) is 23.0. The number of carbonyl (C=O) groups excluding carboxylic acids is 6. The van der Waals surface area contributed by atoms with Gasteiger partial charge >= 0.3 is 11.9 Å². The van der Waals surface area contributed by atoms with Crippen LogP contribution in [0.3, 0.4) is 0 Å². The molecule has 0 aromatic heterocycles. The summed E-state index contributed by atoms with van der Waals surface area (Å²) in [7, 11) is 0. The number of rotatable bonds is 14. The number of nitrogens with zero attached hydrogens (tertiary/aromatic N) is 1. The van der Waals surface area contributed by atoms with Gasteiger partial charge in [0, 0.05) is 13.0 Å². The summed E-state index contributed by atoms with van der Waals surface area (Å²) in [5, 5.41) is 33.3. The summed E-state index contributed by atoms with van der Waals surface area (Å²) in [5.41, 5.74) is 16.4. The highest BCUT2D eigenvalue weighted by atomic mass is 16.4. The SMILES string of the molecule is CC(C)[C@@H]1NC(=O)[C@H](CCCN=C(N)N)NC(=O)[C@H](CCCCN)NC(=O)[C@H](CCC(=O)O)NC(=O)[C@H](C)NC(=O)[C@H](CC(=O)O)NC1=O. The normalized spacial score (nSPS) is 24.6. The minimum Gasteiger partial charge on any atom is -0.481 e. The average Bonchev–Trinajstić information content (AvgIpc) is 3.00. The summed E-state index contributed by atoms with van der Waals surface area (Å²) in [6.45, 7) is 4.77. The molecule has 20 nitrogen and oxygen atoms in total. The van der Waals surface area contributed by atoms with Crippen molar-refractivity contribution in [3.63, 3.8) is 0 Å². The van der Waals surface area contributed by atoms with Gasteiger partial charge in [0.05, 0.1) is 6.42 Å². The van der Waals surface area contributed by atoms with E-state index >= 15 is 0 Å². The number of unbranched alkanes of at least 4 members (excludes halogenated alkanes) is 1. The van der Waals surface area contributed by atoms with E-state index in [9.17, 15) is 48.6 Å². The van der Waals surface area contributed by atoms with Crippen LogP contribution in [0, 0.1) is 5.92 Å². The van der Waals surface area contributed by atoms with Crippen molar-refractivity contribution in [1.29, 1.82) is 0 Å². The molecule has 0 aliphatic carbocycles. The molecule has 1 aliphatic heterocycles. The van der Waals surface area contributed by atoms with Crippen molar-refractivity contribution < 1.29 is 48.6 Å². The number of hydrogen-bond donors (Lipinski definition) is 11. The Morgan fingerprint density at radius 2 is 1.16 bits per heavy atom. The van der Waals surface area contributed by atoms with Gasteiger partial charge in [0.2, 0.25) is 35.4 Å². The molecule has 1 saturated heterocycles. The zero-order chi connectivity index (χ0) is 37.3. The fourth-order valence-electron chi connectivity index (χ4n) is 4.73. The number of aliphatic carboxylic acids is 2. The highest BCUT2D eigenvalue weighted by molar-refractivity contribution is 5.99. The number of carboxylic acids is 2. The van der Waals surface area contributed by atoms with Gasteiger partial charge in [-0.25, -0.2) is 0 Å². The number of aliphatic imine (C=N–C) groups is 1. The lowest BCUT2D eigenvalue weighted by molar-refractivity contribution is -0.142. The van der Waals surface area contributed by atoms with Gasteiger partial charge < -0.3 is 59.3 Å². The summed E-state index contributed by atoms with van der Waals surface area (Å²) in [4.78, 5) is 107. The van der Waals surface area contributed by atoms with Crippen molar-refractivity contribution >= 4 is 53.3 Å². The van der Waals surface area contributed by atoms with Gasteiger partial charge in [-0.15, -0.1) is 0 Å². The summed E-state index contributed by atoms with van der Waals surface area (Å²) in [6.07, 6.45) is -0.746. The number of nitrogens with two attached hydrogens (primary N) is 3. The van der Waals surface area contributed by atoms with Gasteiger partial charge in [-0.2, -0.15) is 0 Å². The Labute approximate surface area is 283 Å². The number of carbonyl (C=O) groups is 8. The molecule has 0 radical (unpaired) electrons. The van der Waals surface area contributed by atoms with E-state index in [0.29, 0.717) is 12.8 Å². The molecule has 20 heteroatoms. The summed E-state index contributed by atoms with van der Waals surface area (Å²) in [6, 6.07) is -8.40. The third-order valence-corrected chi connectivity index (χ3v) is 7.45. The van der Waals surface area contributed by atoms with E-state index in [1.165, 1.54) is 6.92 Å². The molecule has 0 aromatic carbocycles. The van der Waals surface area contributed by atoms with E-state index in [-0.39, 0.29) is 38.3 Å². The fourth-order valence-corrected chi connectivity index (χ4v) is 4.73. The molecule has 0 saturated carbocycles. The van der Waals surface area contributed by atoms with Crippen LogP contribution in [0.4, 0.5) is 0 Å². The fraction of sp³-hybridized carbons (Fsp3) is 0.690. The third-order valence-electron chi connectivity index (χ3n) is 7.45. The van der Waals surface area contributed by atoms with Gasteiger partial charge in [0.1, 0.15) is 36.3 Å². The second kappa shape index (κ2) is 21.1. The molecule has 0 unspecified atom stereocenters. The van der Waals surface area contributed by atoms with Gasteiger partial charge in [-0.1, -0.05) is 13.8 Å². The first kappa shape index (κ1) is 42.0. The molecular formula is C29H50N10O10. The quantitative estimate of drug-likeness (QED) is 0.0470. The Morgan fingerprint density at radius 3 is 1.67 bits per heavy atom. The Kier molecular flexibility index (Phi) is 18.1. The Balaban J connectivity index is 3.66. The van der Waals surface area contributed by atoms with E-state index in [2.05, 4.69) is 36.9 Å².